The highest BCUT2D eigenvalue weighted by Gasteiger charge is 2.54. The zero-order chi connectivity index (χ0) is 25.7. The highest BCUT2D eigenvalue weighted by molar-refractivity contribution is 5.98. The number of hydrogen-bond acceptors (Lipinski definition) is 5. The van der Waals surface area contributed by atoms with Crippen molar-refractivity contribution in [3.8, 4) is 5.75 Å². The summed E-state index contributed by atoms with van der Waals surface area (Å²) in [5, 5.41) is 3.01. The maximum absolute atomic E-state index is 13.8. The molecular formula is C28H35N3O5. The molecule has 2 fully saturated rings. The van der Waals surface area contributed by atoms with Crippen molar-refractivity contribution in [2.24, 2.45) is 0 Å². The quantitative estimate of drug-likeness (QED) is 0.641. The molecule has 0 saturated carbocycles. The molecule has 0 bridgehead atoms. The summed E-state index contributed by atoms with van der Waals surface area (Å²) < 4.78 is 11.5. The minimum atomic E-state index is -0.933. The van der Waals surface area contributed by atoms with Gasteiger partial charge in [0, 0.05) is 37.5 Å². The minimum Gasteiger partial charge on any atom is -0.497 e. The number of benzene rings is 2. The Morgan fingerprint density at radius 2 is 1.75 bits per heavy atom. The van der Waals surface area contributed by atoms with Crippen LogP contribution in [-0.4, -0.2) is 72.1 Å². The second-order valence-electron chi connectivity index (χ2n) is 9.54. The molecule has 2 aliphatic heterocycles. The average Bonchev–Trinajstić information content (AvgIpc) is 3.27. The Morgan fingerprint density at radius 1 is 1.08 bits per heavy atom. The maximum atomic E-state index is 13.8. The Labute approximate surface area is 212 Å². The van der Waals surface area contributed by atoms with Crippen LogP contribution in [0.3, 0.4) is 0 Å². The third-order valence-corrected chi connectivity index (χ3v) is 7.22. The summed E-state index contributed by atoms with van der Waals surface area (Å²) in [6.07, 6.45) is 2.02. The Balaban J connectivity index is 1.53. The highest BCUT2D eigenvalue weighted by Crippen LogP contribution is 2.39. The Bertz CT molecular complexity index is 1060. The van der Waals surface area contributed by atoms with E-state index in [0.29, 0.717) is 43.7 Å². The van der Waals surface area contributed by atoms with Crippen molar-refractivity contribution in [3.63, 3.8) is 0 Å². The minimum absolute atomic E-state index is 0.00977. The second kappa shape index (κ2) is 11.1. The molecule has 2 aromatic rings. The largest absolute Gasteiger partial charge is 0.497 e. The topological polar surface area (TPSA) is 88.2 Å². The van der Waals surface area contributed by atoms with Crippen molar-refractivity contribution < 1.29 is 23.9 Å². The average molecular weight is 494 g/mol. The first kappa shape index (κ1) is 25.7. The molecule has 2 atom stereocenters. The van der Waals surface area contributed by atoms with Crippen LogP contribution in [0.15, 0.2) is 54.6 Å². The van der Waals surface area contributed by atoms with Crippen LogP contribution in [0.1, 0.15) is 49.0 Å². The molecule has 1 N–H and O–H groups in total. The van der Waals surface area contributed by atoms with Crippen molar-refractivity contribution in [1.29, 1.82) is 0 Å². The van der Waals surface area contributed by atoms with Crippen molar-refractivity contribution in [2.45, 2.75) is 57.3 Å². The summed E-state index contributed by atoms with van der Waals surface area (Å²) >= 11 is 0. The standard InChI is InChI=1S/C28H35N3O5/c1-4-20(2)29-26(33)24-19-36-28(31(24)27(34)22-10-12-23(35-3)13-11-22)14-16-30(17-15-28)25(32)18-21-8-6-5-7-9-21/h5-13,20,24H,4,14-19H2,1-3H3,(H,29,33). The summed E-state index contributed by atoms with van der Waals surface area (Å²) in [5.74, 6) is 0.220. The summed E-state index contributed by atoms with van der Waals surface area (Å²) in [6, 6.07) is 15.8. The fourth-order valence-electron chi connectivity index (χ4n) is 4.87. The van der Waals surface area contributed by atoms with E-state index in [1.165, 1.54) is 0 Å². The molecule has 2 aliphatic rings. The van der Waals surface area contributed by atoms with Crippen molar-refractivity contribution in [1.82, 2.24) is 15.1 Å². The van der Waals surface area contributed by atoms with Gasteiger partial charge in [-0.3, -0.25) is 19.3 Å². The van der Waals surface area contributed by atoms with Gasteiger partial charge in [0.2, 0.25) is 11.8 Å². The molecule has 0 aliphatic carbocycles. The van der Waals surface area contributed by atoms with E-state index in [9.17, 15) is 14.4 Å². The van der Waals surface area contributed by atoms with Gasteiger partial charge < -0.3 is 19.7 Å². The molecule has 8 nitrogen and oxygen atoms in total. The number of methoxy groups -OCH3 is 1. The van der Waals surface area contributed by atoms with E-state index in [0.717, 1.165) is 12.0 Å². The first-order chi connectivity index (χ1) is 17.4. The van der Waals surface area contributed by atoms with Gasteiger partial charge in [-0.25, -0.2) is 0 Å². The van der Waals surface area contributed by atoms with E-state index in [1.807, 2.05) is 49.1 Å². The predicted octanol–water partition coefficient (Wildman–Crippen LogP) is 3.01. The monoisotopic (exact) mass is 493 g/mol. The van der Waals surface area contributed by atoms with Gasteiger partial charge in [-0.05, 0) is 43.2 Å². The van der Waals surface area contributed by atoms with Gasteiger partial charge in [0.1, 0.15) is 17.5 Å². The van der Waals surface area contributed by atoms with Gasteiger partial charge in [-0.1, -0.05) is 37.3 Å². The molecule has 8 heteroatoms. The summed E-state index contributed by atoms with van der Waals surface area (Å²) in [5.41, 5.74) is 0.500. The summed E-state index contributed by atoms with van der Waals surface area (Å²) in [6.45, 7) is 4.98. The number of piperidine rings is 1. The third kappa shape index (κ3) is 5.38. The van der Waals surface area contributed by atoms with Crippen LogP contribution in [0.4, 0.5) is 0 Å². The van der Waals surface area contributed by atoms with Crippen LogP contribution in [-0.2, 0) is 20.7 Å². The molecule has 2 aromatic carbocycles. The fraction of sp³-hybridized carbons (Fsp3) is 0.464. The number of ether oxygens (including phenoxy) is 2. The third-order valence-electron chi connectivity index (χ3n) is 7.22. The molecule has 2 unspecified atom stereocenters. The molecule has 2 saturated heterocycles. The van der Waals surface area contributed by atoms with E-state index in [1.54, 1.807) is 36.3 Å². The number of carbonyl (C=O) groups is 3. The van der Waals surface area contributed by atoms with Crippen LogP contribution >= 0.6 is 0 Å². The Kier molecular flexibility index (Phi) is 7.94. The SMILES string of the molecule is CCC(C)NC(=O)C1COC2(CCN(C(=O)Cc3ccccc3)CC2)N1C(=O)c1ccc(OC)cc1. The van der Waals surface area contributed by atoms with E-state index >= 15 is 0 Å². The molecule has 0 aromatic heterocycles. The van der Waals surface area contributed by atoms with Gasteiger partial charge in [-0.15, -0.1) is 0 Å². The maximum Gasteiger partial charge on any atom is 0.256 e. The predicted molar refractivity (Wildman–Crippen MR) is 135 cm³/mol. The normalized spacial score (nSPS) is 19.7. The molecular weight excluding hydrogens is 458 g/mol. The zero-order valence-corrected chi connectivity index (χ0v) is 21.2. The van der Waals surface area contributed by atoms with Gasteiger partial charge in [0.05, 0.1) is 20.1 Å². The molecule has 36 heavy (non-hydrogen) atoms. The van der Waals surface area contributed by atoms with Crippen LogP contribution in [0.25, 0.3) is 0 Å². The van der Waals surface area contributed by atoms with Crippen LogP contribution in [0.5, 0.6) is 5.75 Å². The summed E-state index contributed by atoms with van der Waals surface area (Å²) in [4.78, 5) is 43.3. The van der Waals surface area contributed by atoms with E-state index in [2.05, 4.69) is 5.32 Å². The lowest BCUT2D eigenvalue weighted by atomic mass is 9.96. The molecule has 0 radical (unpaired) electrons. The highest BCUT2D eigenvalue weighted by atomic mass is 16.5. The smallest absolute Gasteiger partial charge is 0.256 e. The van der Waals surface area contributed by atoms with Crippen molar-refractivity contribution in [3.05, 3.63) is 65.7 Å². The van der Waals surface area contributed by atoms with Crippen LogP contribution < -0.4 is 10.1 Å². The molecule has 2 heterocycles. The number of carbonyl (C=O) groups excluding carboxylic acids is 3. The van der Waals surface area contributed by atoms with Gasteiger partial charge in [0.25, 0.3) is 5.91 Å². The molecule has 4 rings (SSSR count). The number of rotatable bonds is 7. The number of amides is 3. The number of nitrogens with one attached hydrogen (secondary N) is 1. The Hall–Kier alpha value is -3.39. The molecule has 1 spiro atoms. The number of hydrogen-bond donors (Lipinski definition) is 1. The summed E-state index contributed by atoms with van der Waals surface area (Å²) in [7, 11) is 1.57. The lowest BCUT2D eigenvalue weighted by Gasteiger charge is -2.44. The van der Waals surface area contributed by atoms with E-state index in [4.69, 9.17) is 9.47 Å². The number of likely N-dealkylation sites (tertiary alicyclic amines) is 1. The van der Waals surface area contributed by atoms with Crippen LogP contribution in [0, 0.1) is 0 Å². The second-order valence-corrected chi connectivity index (χ2v) is 9.54. The molecule has 3 amide bonds. The Morgan fingerprint density at radius 3 is 2.36 bits per heavy atom. The van der Waals surface area contributed by atoms with E-state index < -0.39 is 11.8 Å². The number of nitrogens with zero attached hydrogens (tertiary/aromatic N) is 2. The van der Waals surface area contributed by atoms with Crippen LogP contribution in [0.2, 0.25) is 0 Å². The first-order valence-corrected chi connectivity index (χ1v) is 12.6. The van der Waals surface area contributed by atoms with Crippen molar-refractivity contribution in [2.75, 3.05) is 26.8 Å². The van der Waals surface area contributed by atoms with Gasteiger partial charge in [0.15, 0.2) is 0 Å². The van der Waals surface area contributed by atoms with Crippen molar-refractivity contribution >= 4 is 17.7 Å². The lowest BCUT2D eigenvalue weighted by Crippen LogP contribution is -2.60. The zero-order valence-electron chi connectivity index (χ0n) is 21.2. The fourth-order valence-corrected chi connectivity index (χ4v) is 4.87. The lowest BCUT2D eigenvalue weighted by molar-refractivity contribution is -0.143. The molecule has 192 valence electrons. The first-order valence-electron chi connectivity index (χ1n) is 12.6. The van der Waals surface area contributed by atoms with Gasteiger partial charge >= 0.3 is 0 Å². The van der Waals surface area contributed by atoms with Gasteiger partial charge in [-0.2, -0.15) is 0 Å². The van der Waals surface area contributed by atoms with E-state index in [-0.39, 0.29) is 30.4 Å².